The van der Waals surface area contributed by atoms with Gasteiger partial charge in [-0.15, -0.1) is 0 Å². The lowest BCUT2D eigenvalue weighted by molar-refractivity contribution is -0.0849. The molecule has 4 saturated carbocycles. The van der Waals surface area contributed by atoms with Gasteiger partial charge < -0.3 is 0 Å². The molecule has 23 heavy (non-hydrogen) atoms. The molecule has 0 aromatic heterocycles. The number of hydrogen-bond donors (Lipinski definition) is 0. The van der Waals surface area contributed by atoms with Gasteiger partial charge in [-0.05, 0) is 91.3 Å². The second kappa shape index (κ2) is 4.55. The maximum Gasteiger partial charge on any atom is -0.0103 e. The van der Waals surface area contributed by atoms with Gasteiger partial charge in [-0.1, -0.05) is 51.0 Å². The van der Waals surface area contributed by atoms with E-state index < -0.39 is 0 Å². The first-order chi connectivity index (χ1) is 11.0. The fourth-order valence-corrected chi connectivity index (χ4v) is 8.48. The van der Waals surface area contributed by atoms with Crippen molar-refractivity contribution in [2.75, 3.05) is 0 Å². The Balaban J connectivity index is 1.54. The number of rotatable bonds is 1. The average molecular weight is 311 g/mol. The molecule has 0 amide bonds. The van der Waals surface area contributed by atoms with E-state index in [1.807, 2.05) is 5.57 Å². The van der Waals surface area contributed by atoms with Crippen LogP contribution in [0.2, 0.25) is 0 Å². The predicted molar refractivity (Wildman–Crippen MR) is 97.0 cm³/mol. The Morgan fingerprint density at radius 2 is 1.91 bits per heavy atom. The third kappa shape index (κ3) is 1.69. The average Bonchev–Trinajstić information content (AvgIpc) is 3.23. The molecule has 4 fully saturated rings. The van der Waals surface area contributed by atoms with Crippen molar-refractivity contribution in [3.05, 3.63) is 23.8 Å². The molecule has 0 nitrogen and oxygen atoms in total. The molecule has 126 valence electrons. The predicted octanol–water partition coefficient (Wildman–Crippen LogP) is 6.39. The van der Waals surface area contributed by atoms with Crippen LogP contribution in [0.15, 0.2) is 23.8 Å². The van der Waals surface area contributed by atoms with Crippen molar-refractivity contribution in [2.24, 2.45) is 46.3 Å². The molecular weight excluding hydrogens is 276 g/mol. The fraction of sp³-hybridized carbons (Fsp3) is 0.826. The van der Waals surface area contributed by atoms with Crippen LogP contribution in [0.3, 0.4) is 0 Å². The summed E-state index contributed by atoms with van der Waals surface area (Å²) in [5, 5.41) is 0. The zero-order valence-electron chi connectivity index (χ0n) is 15.4. The van der Waals surface area contributed by atoms with Crippen molar-refractivity contribution in [2.45, 2.75) is 72.1 Å². The van der Waals surface area contributed by atoms with Crippen molar-refractivity contribution in [1.29, 1.82) is 0 Å². The van der Waals surface area contributed by atoms with Crippen LogP contribution < -0.4 is 0 Å². The lowest BCUT2D eigenvalue weighted by atomic mass is 9.44. The summed E-state index contributed by atoms with van der Waals surface area (Å²) >= 11 is 0. The van der Waals surface area contributed by atoms with E-state index >= 15 is 0 Å². The molecule has 1 unspecified atom stereocenters. The highest BCUT2D eigenvalue weighted by Crippen LogP contribution is 2.72. The standard InChI is InChI=1S/C23H34/c1-5-16-7-9-19-17-12-14(2)18-8-6-15-13-21(15)23(18,4)20(17)10-11-22(16,19)3/h6,16-21H,2,5,7-13H2,1,3-4H3/t16-,17-,18?,19-,20-,21-,22+,23-/m0/s1. The molecule has 0 bridgehead atoms. The first kappa shape index (κ1) is 14.8. The number of hydrogen-bond acceptors (Lipinski definition) is 0. The van der Waals surface area contributed by atoms with E-state index in [1.54, 1.807) is 5.57 Å². The van der Waals surface area contributed by atoms with E-state index in [0.29, 0.717) is 10.8 Å². The maximum atomic E-state index is 4.63. The van der Waals surface area contributed by atoms with Gasteiger partial charge in [0.05, 0.1) is 0 Å². The van der Waals surface area contributed by atoms with Gasteiger partial charge in [0.15, 0.2) is 0 Å². The van der Waals surface area contributed by atoms with Gasteiger partial charge in [0.1, 0.15) is 0 Å². The molecule has 0 radical (unpaired) electrons. The van der Waals surface area contributed by atoms with Crippen LogP contribution in [-0.2, 0) is 0 Å². The third-order valence-electron chi connectivity index (χ3n) is 9.76. The Kier molecular flexibility index (Phi) is 2.93. The Morgan fingerprint density at radius 1 is 1.09 bits per heavy atom. The zero-order chi connectivity index (χ0) is 16.0. The zero-order valence-corrected chi connectivity index (χ0v) is 15.4. The van der Waals surface area contributed by atoms with E-state index in [0.717, 1.165) is 35.5 Å². The summed E-state index contributed by atoms with van der Waals surface area (Å²) in [6.45, 7) is 12.4. The van der Waals surface area contributed by atoms with Crippen molar-refractivity contribution in [3.8, 4) is 0 Å². The molecule has 8 atom stereocenters. The molecule has 0 heterocycles. The highest BCUT2D eigenvalue weighted by Gasteiger charge is 2.64. The van der Waals surface area contributed by atoms with Crippen LogP contribution in [0.25, 0.3) is 0 Å². The molecule has 5 aliphatic rings. The van der Waals surface area contributed by atoms with Gasteiger partial charge in [0.25, 0.3) is 0 Å². The van der Waals surface area contributed by atoms with Gasteiger partial charge in [-0.3, -0.25) is 0 Å². The molecule has 0 aliphatic heterocycles. The van der Waals surface area contributed by atoms with Crippen LogP contribution in [-0.4, -0.2) is 0 Å². The van der Waals surface area contributed by atoms with Crippen LogP contribution >= 0.6 is 0 Å². The van der Waals surface area contributed by atoms with Gasteiger partial charge in [0, 0.05) is 0 Å². The highest BCUT2D eigenvalue weighted by atomic mass is 14.7. The summed E-state index contributed by atoms with van der Waals surface area (Å²) in [6, 6.07) is 0. The minimum Gasteiger partial charge on any atom is -0.0995 e. The van der Waals surface area contributed by atoms with Gasteiger partial charge >= 0.3 is 0 Å². The molecule has 0 aromatic rings. The lowest BCUT2D eigenvalue weighted by Gasteiger charge is -2.60. The first-order valence-electron chi connectivity index (χ1n) is 10.4. The third-order valence-corrected chi connectivity index (χ3v) is 9.76. The van der Waals surface area contributed by atoms with E-state index in [9.17, 15) is 0 Å². The van der Waals surface area contributed by atoms with Crippen LogP contribution in [0.5, 0.6) is 0 Å². The molecule has 5 aliphatic carbocycles. The van der Waals surface area contributed by atoms with Crippen molar-refractivity contribution >= 4 is 0 Å². The highest BCUT2D eigenvalue weighted by molar-refractivity contribution is 5.37. The molecule has 0 heteroatoms. The Bertz CT molecular complexity index is 583. The summed E-state index contributed by atoms with van der Waals surface area (Å²) in [5.41, 5.74) is 4.65. The number of allylic oxidation sites excluding steroid dienone is 3. The second-order valence-electron chi connectivity index (χ2n) is 10.2. The molecule has 0 saturated heterocycles. The SMILES string of the molecule is C=C1C[C@H]2[C@@H]3CC[C@H](CC)[C@@]3(C)CC[C@@H]2[C@]2(C)C1CC=C1C[C@@H]12. The van der Waals surface area contributed by atoms with Gasteiger partial charge in [-0.2, -0.15) is 0 Å². The topological polar surface area (TPSA) is 0 Å². The molecule has 0 N–H and O–H groups in total. The van der Waals surface area contributed by atoms with E-state index in [2.05, 4.69) is 33.4 Å². The van der Waals surface area contributed by atoms with E-state index in [4.69, 9.17) is 0 Å². The molecule has 0 spiro atoms. The second-order valence-corrected chi connectivity index (χ2v) is 10.2. The largest absolute Gasteiger partial charge is 0.0995 e. The normalized spacial score (nSPS) is 57.0. The lowest BCUT2D eigenvalue weighted by Crippen LogP contribution is -2.53. The number of fused-ring (bicyclic) bond motifs is 7. The Hall–Kier alpha value is -0.520. The summed E-state index contributed by atoms with van der Waals surface area (Å²) in [7, 11) is 0. The van der Waals surface area contributed by atoms with Crippen LogP contribution in [0.4, 0.5) is 0 Å². The van der Waals surface area contributed by atoms with Crippen molar-refractivity contribution in [3.63, 3.8) is 0 Å². The van der Waals surface area contributed by atoms with Crippen molar-refractivity contribution in [1.82, 2.24) is 0 Å². The minimum atomic E-state index is 0.565. The van der Waals surface area contributed by atoms with E-state index in [-0.39, 0.29) is 0 Å². The summed E-state index contributed by atoms with van der Waals surface area (Å²) in [6.07, 6.45) is 14.1. The quantitative estimate of drug-likeness (QED) is 0.492. The first-order valence-corrected chi connectivity index (χ1v) is 10.4. The Morgan fingerprint density at radius 3 is 2.70 bits per heavy atom. The summed E-state index contributed by atoms with van der Waals surface area (Å²) in [4.78, 5) is 0. The fourth-order valence-electron chi connectivity index (χ4n) is 8.48. The molecule has 0 aromatic carbocycles. The molecular formula is C23H34. The van der Waals surface area contributed by atoms with Crippen LogP contribution in [0.1, 0.15) is 72.1 Å². The van der Waals surface area contributed by atoms with Crippen LogP contribution in [0, 0.1) is 46.3 Å². The van der Waals surface area contributed by atoms with Gasteiger partial charge in [-0.25, -0.2) is 0 Å². The summed E-state index contributed by atoms with van der Waals surface area (Å²) < 4.78 is 0. The maximum absolute atomic E-state index is 4.63. The van der Waals surface area contributed by atoms with Crippen molar-refractivity contribution < 1.29 is 0 Å². The monoisotopic (exact) mass is 310 g/mol. The molecule has 5 rings (SSSR count). The van der Waals surface area contributed by atoms with Gasteiger partial charge in [0.2, 0.25) is 0 Å². The smallest absolute Gasteiger partial charge is 0.0103 e. The summed E-state index contributed by atoms with van der Waals surface area (Å²) in [5.74, 6) is 5.66. The minimum absolute atomic E-state index is 0.565. The van der Waals surface area contributed by atoms with E-state index in [1.165, 1.54) is 51.4 Å². The Labute approximate surface area is 142 Å².